The minimum absolute atomic E-state index is 0.133. The number of hydrogen-bond acceptors (Lipinski definition) is 5. The van der Waals surface area contributed by atoms with Crippen LogP contribution in [-0.2, 0) is 9.59 Å². The van der Waals surface area contributed by atoms with Crippen LogP contribution in [0, 0.1) is 6.92 Å². The summed E-state index contributed by atoms with van der Waals surface area (Å²) >= 11 is 6.85. The summed E-state index contributed by atoms with van der Waals surface area (Å²) in [5.41, 5.74) is 2.97. The smallest absolute Gasteiger partial charge is 0.298 e. The highest BCUT2D eigenvalue weighted by atomic mass is 35.5. The molecule has 1 aliphatic rings. The van der Waals surface area contributed by atoms with Crippen molar-refractivity contribution in [2.24, 2.45) is 0 Å². The molecule has 0 aliphatic carbocycles. The molecule has 33 heavy (non-hydrogen) atoms. The molecule has 1 fully saturated rings. The lowest BCUT2D eigenvalue weighted by Gasteiger charge is -2.12. The number of aryl methyl sites for hydroxylation is 1. The van der Waals surface area contributed by atoms with Crippen molar-refractivity contribution in [3.63, 3.8) is 0 Å². The van der Waals surface area contributed by atoms with Crippen molar-refractivity contribution in [2.75, 3.05) is 16.8 Å². The standard InChI is InChI=1S/C25H19ClN2O4S/c1-16-5-9-19(10-6-16)27-23(29)15-32-21-11-7-17(8-12-21)13-22-24(30)28(25(31)33-22)20-4-2-3-18(26)14-20/h2-14H,15H2,1H3,(H,27,29)/b22-13+. The molecule has 3 aromatic rings. The summed E-state index contributed by atoms with van der Waals surface area (Å²) in [6.45, 7) is 1.84. The first kappa shape index (κ1) is 22.6. The van der Waals surface area contributed by atoms with Crippen LogP contribution in [0.5, 0.6) is 5.75 Å². The lowest BCUT2D eigenvalue weighted by atomic mass is 10.2. The number of ether oxygens (including phenoxy) is 1. The molecule has 0 saturated carbocycles. The number of amides is 3. The van der Waals surface area contributed by atoms with E-state index in [1.54, 1.807) is 54.6 Å². The first-order chi connectivity index (χ1) is 15.9. The minimum Gasteiger partial charge on any atom is -0.484 e. The van der Waals surface area contributed by atoms with E-state index in [-0.39, 0.29) is 17.8 Å². The van der Waals surface area contributed by atoms with Crippen LogP contribution < -0.4 is 15.0 Å². The maximum atomic E-state index is 12.7. The Labute approximate surface area is 200 Å². The van der Waals surface area contributed by atoms with Crippen LogP contribution in [0.3, 0.4) is 0 Å². The fourth-order valence-corrected chi connectivity index (χ4v) is 4.13. The minimum atomic E-state index is -0.402. The van der Waals surface area contributed by atoms with Crippen LogP contribution in [0.2, 0.25) is 5.02 Å². The molecule has 1 heterocycles. The van der Waals surface area contributed by atoms with Crippen molar-refractivity contribution in [1.82, 2.24) is 0 Å². The molecule has 0 radical (unpaired) electrons. The Bertz CT molecular complexity index is 1240. The van der Waals surface area contributed by atoms with Crippen LogP contribution in [0.15, 0.2) is 77.7 Å². The average Bonchev–Trinajstić information content (AvgIpc) is 3.07. The van der Waals surface area contributed by atoms with Crippen molar-refractivity contribution in [3.8, 4) is 5.75 Å². The zero-order valence-electron chi connectivity index (χ0n) is 17.6. The van der Waals surface area contributed by atoms with Gasteiger partial charge in [-0.1, -0.05) is 47.5 Å². The molecule has 0 atom stereocenters. The topological polar surface area (TPSA) is 75.7 Å². The largest absolute Gasteiger partial charge is 0.484 e. The van der Waals surface area contributed by atoms with Crippen molar-refractivity contribution in [3.05, 3.63) is 93.9 Å². The number of imide groups is 1. The van der Waals surface area contributed by atoms with Gasteiger partial charge in [-0.3, -0.25) is 14.4 Å². The molecule has 4 rings (SSSR count). The first-order valence-corrected chi connectivity index (χ1v) is 11.2. The zero-order chi connectivity index (χ0) is 23.4. The fourth-order valence-electron chi connectivity index (χ4n) is 3.10. The van der Waals surface area contributed by atoms with E-state index in [0.29, 0.717) is 27.1 Å². The molecule has 1 aliphatic heterocycles. The van der Waals surface area contributed by atoms with Gasteiger partial charge in [0.1, 0.15) is 5.75 Å². The Kier molecular flexibility index (Phi) is 6.82. The quantitative estimate of drug-likeness (QED) is 0.446. The number of anilines is 2. The average molecular weight is 479 g/mol. The van der Waals surface area contributed by atoms with Gasteiger partial charge in [0.05, 0.1) is 10.6 Å². The number of halogens is 1. The van der Waals surface area contributed by atoms with Gasteiger partial charge >= 0.3 is 0 Å². The van der Waals surface area contributed by atoms with Crippen LogP contribution in [0.1, 0.15) is 11.1 Å². The van der Waals surface area contributed by atoms with Gasteiger partial charge < -0.3 is 10.1 Å². The Morgan fingerprint density at radius 3 is 2.48 bits per heavy atom. The number of carbonyl (C=O) groups excluding carboxylic acids is 3. The summed E-state index contributed by atoms with van der Waals surface area (Å²) in [5, 5.41) is 2.83. The second kappa shape index (κ2) is 9.94. The van der Waals surface area contributed by atoms with Gasteiger partial charge in [-0.15, -0.1) is 0 Å². The molecule has 0 aromatic heterocycles. The van der Waals surface area contributed by atoms with Crippen LogP contribution >= 0.6 is 23.4 Å². The van der Waals surface area contributed by atoms with Gasteiger partial charge in [-0.25, -0.2) is 4.90 Å². The molecule has 1 saturated heterocycles. The Balaban J connectivity index is 1.37. The van der Waals surface area contributed by atoms with Gasteiger partial charge in [0.2, 0.25) is 0 Å². The number of thioether (sulfide) groups is 1. The van der Waals surface area contributed by atoms with E-state index in [2.05, 4.69) is 5.32 Å². The van der Waals surface area contributed by atoms with E-state index >= 15 is 0 Å². The maximum absolute atomic E-state index is 12.7. The van der Waals surface area contributed by atoms with Gasteiger partial charge in [0, 0.05) is 10.7 Å². The van der Waals surface area contributed by atoms with E-state index in [1.165, 1.54) is 0 Å². The maximum Gasteiger partial charge on any atom is 0.298 e. The molecule has 0 bridgehead atoms. The second-order valence-electron chi connectivity index (χ2n) is 7.27. The molecule has 0 spiro atoms. The van der Waals surface area contributed by atoms with Crippen molar-refractivity contribution in [2.45, 2.75) is 6.92 Å². The van der Waals surface area contributed by atoms with Crippen molar-refractivity contribution < 1.29 is 19.1 Å². The molecule has 8 heteroatoms. The van der Waals surface area contributed by atoms with Crippen molar-refractivity contribution in [1.29, 1.82) is 0 Å². The number of nitrogens with zero attached hydrogens (tertiary/aromatic N) is 1. The molecule has 1 N–H and O–H groups in total. The normalized spacial score (nSPS) is 14.6. The molecule has 6 nitrogen and oxygen atoms in total. The Morgan fingerprint density at radius 1 is 1.06 bits per heavy atom. The molecular weight excluding hydrogens is 460 g/mol. The summed E-state index contributed by atoms with van der Waals surface area (Å²) in [6.07, 6.45) is 1.64. The van der Waals surface area contributed by atoms with E-state index < -0.39 is 5.91 Å². The van der Waals surface area contributed by atoms with Crippen LogP contribution in [0.25, 0.3) is 6.08 Å². The van der Waals surface area contributed by atoms with E-state index in [9.17, 15) is 14.4 Å². The highest BCUT2D eigenvalue weighted by Crippen LogP contribution is 2.36. The Hall–Kier alpha value is -3.55. The predicted molar refractivity (Wildman–Crippen MR) is 132 cm³/mol. The fraction of sp³-hybridized carbons (Fsp3) is 0.0800. The van der Waals surface area contributed by atoms with Gasteiger partial charge in [0.25, 0.3) is 17.1 Å². The zero-order valence-corrected chi connectivity index (χ0v) is 19.2. The molecule has 3 aromatic carbocycles. The second-order valence-corrected chi connectivity index (χ2v) is 8.70. The van der Waals surface area contributed by atoms with E-state index in [4.69, 9.17) is 16.3 Å². The number of hydrogen-bond donors (Lipinski definition) is 1. The highest BCUT2D eigenvalue weighted by Gasteiger charge is 2.36. The third-order valence-corrected chi connectivity index (χ3v) is 5.85. The number of rotatable bonds is 6. The number of carbonyl (C=O) groups is 3. The van der Waals surface area contributed by atoms with Crippen molar-refractivity contribution >= 4 is 57.9 Å². The molecular formula is C25H19ClN2O4S. The van der Waals surface area contributed by atoms with Gasteiger partial charge in [-0.2, -0.15) is 0 Å². The van der Waals surface area contributed by atoms with Gasteiger partial charge in [-0.05, 0) is 72.8 Å². The van der Waals surface area contributed by atoms with Crippen LogP contribution in [-0.4, -0.2) is 23.7 Å². The summed E-state index contributed by atoms with van der Waals surface area (Å²) in [6, 6.07) is 21.0. The monoisotopic (exact) mass is 478 g/mol. The van der Waals surface area contributed by atoms with E-state index in [1.807, 2.05) is 31.2 Å². The number of nitrogens with one attached hydrogen (secondary N) is 1. The van der Waals surface area contributed by atoms with Crippen LogP contribution in [0.4, 0.5) is 16.2 Å². The summed E-state index contributed by atoms with van der Waals surface area (Å²) in [7, 11) is 0. The molecule has 3 amide bonds. The third kappa shape index (κ3) is 5.63. The third-order valence-electron chi connectivity index (χ3n) is 4.74. The number of benzene rings is 3. The lowest BCUT2D eigenvalue weighted by Crippen LogP contribution is -2.27. The molecule has 0 unspecified atom stereocenters. The SMILES string of the molecule is Cc1ccc(NC(=O)COc2ccc(/C=C3/SC(=O)N(c4cccc(Cl)c4)C3=O)cc2)cc1. The van der Waals surface area contributed by atoms with E-state index in [0.717, 1.165) is 27.8 Å². The van der Waals surface area contributed by atoms with Gasteiger partial charge in [0.15, 0.2) is 6.61 Å². The molecule has 166 valence electrons. The predicted octanol–water partition coefficient (Wildman–Crippen LogP) is 5.91. The summed E-state index contributed by atoms with van der Waals surface area (Å²) in [4.78, 5) is 38.6. The summed E-state index contributed by atoms with van der Waals surface area (Å²) in [5.74, 6) is -0.156. The lowest BCUT2D eigenvalue weighted by molar-refractivity contribution is -0.118. The highest BCUT2D eigenvalue weighted by molar-refractivity contribution is 8.19. The summed E-state index contributed by atoms with van der Waals surface area (Å²) < 4.78 is 5.53. The Morgan fingerprint density at radius 2 is 1.79 bits per heavy atom. The first-order valence-electron chi connectivity index (χ1n) is 10.0.